The second kappa shape index (κ2) is 7.56. The molecule has 1 aromatic carbocycles. The van der Waals surface area contributed by atoms with Crippen LogP contribution < -0.4 is 4.72 Å². The third-order valence-corrected chi connectivity index (χ3v) is 4.59. The van der Waals surface area contributed by atoms with Crippen molar-refractivity contribution < 1.29 is 53.5 Å². The minimum atomic E-state index is -6.78. The summed E-state index contributed by atoms with van der Waals surface area (Å²) in [6.45, 7) is 2.12. The number of aryl methyl sites for hydroxylation is 1. The topological polar surface area (TPSA) is 89.5 Å². The maximum absolute atomic E-state index is 13.2. The maximum Gasteiger partial charge on any atom is 0.460 e. The number of halogens is 7. The van der Waals surface area contributed by atoms with Crippen LogP contribution in [-0.4, -0.2) is 44.4 Å². The summed E-state index contributed by atoms with van der Waals surface area (Å²) in [5, 5.41) is 0. The number of hydrogen-bond donors (Lipinski definition) is 1. The van der Waals surface area contributed by atoms with Gasteiger partial charge in [0.25, 0.3) is 15.9 Å². The van der Waals surface area contributed by atoms with Gasteiger partial charge in [0.05, 0.1) is 4.90 Å². The van der Waals surface area contributed by atoms with Gasteiger partial charge in [-0.25, -0.2) is 17.9 Å². The fourth-order valence-corrected chi connectivity index (χ4v) is 2.63. The lowest BCUT2D eigenvalue weighted by molar-refractivity contribution is -0.348. The molecule has 0 aliphatic heterocycles. The Hall–Kier alpha value is -2.38. The number of alkyl halides is 7. The fourth-order valence-electron chi connectivity index (χ4n) is 1.59. The van der Waals surface area contributed by atoms with E-state index in [0.29, 0.717) is 12.5 Å². The second-order valence-corrected chi connectivity index (χ2v) is 7.16. The van der Waals surface area contributed by atoms with Crippen LogP contribution in [0.2, 0.25) is 0 Å². The first-order valence-electron chi connectivity index (χ1n) is 7.10. The molecule has 0 aliphatic carbocycles. The van der Waals surface area contributed by atoms with Crippen LogP contribution in [0.3, 0.4) is 0 Å². The number of sulfonamides is 1. The normalized spacial score (nSPS) is 14.3. The summed E-state index contributed by atoms with van der Waals surface area (Å²) in [7, 11) is -4.55. The number of esters is 1. The van der Waals surface area contributed by atoms with E-state index >= 15 is 0 Å². The monoisotopic (exact) mass is 439 g/mol. The molecule has 0 saturated heterocycles. The lowest BCUT2D eigenvalue weighted by atomic mass is 10.1. The average Bonchev–Trinajstić information content (AvgIpc) is 2.53. The van der Waals surface area contributed by atoms with Crippen molar-refractivity contribution in [1.82, 2.24) is 4.72 Å². The van der Waals surface area contributed by atoms with Crippen LogP contribution in [0.5, 0.6) is 0 Å². The highest BCUT2D eigenvalue weighted by Gasteiger charge is 2.77. The van der Waals surface area contributed by atoms with E-state index in [1.54, 1.807) is 6.92 Å². The second-order valence-electron chi connectivity index (χ2n) is 5.48. The summed E-state index contributed by atoms with van der Waals surface area (Å²) in [6.07, 6.45) is -9.21. The van der Waals surface area contributed by atoms with E-state index in [0.717, 1.165) is 12.1 Å². The predicted molar refractivity (Wildman–Crippen MR) is 78.0 cm³/mol. The van der Waals surface area contributed by atoms with E-state index in [-0.39, 0.29) is 0 Å². The van der Waals surface area contributed by atoms with E-state index in [1.165, 1.54) is 16.9 Å². The standard InChI is InChI=1S/C14H12F7NO5S/c1-7-3-5-9(6-4-7)28(25,26)22-10(23)8(2)27-11(24)12(15,16)13(17,18)14(19,20)21/h3-6,8H,1-2H3,(H,22,23). The molecule has 1 rings (SSSR count). The van der Waals surface area contributed by atoms with Crippen molar-refractivity contribution in [3.63, 3.8) is 0 Å². The molecular weight excluding hydrogens is 427 g/mol. The third kappa shape index (κ3) is 4.72. The van der Waals surface area contributed by atoms with Crippen LogP contribution in [0.4, 0.5) is 30.7 Å². The Morgan fingerprint density at radius 3 is 1.89 bits per heavy atom. The molecule has 0 radical (unpaired) electrons. The summed E-state index contributed by atoms with van der Waals surface area (Å²) < 4.78 is 117. The Bertz CT molecular complexity index is 850. The van der Waals surface area contributed by atoms with Crippen LogP contribution in [0.15, 0.2) is 29.2 Å². The van der Waals surface area contributed by atoms with Gasteiger partial charge in [0.15, 0.2) is 6.10 Å². The molecule has 28 heavy (non-hydrogen) atoms. The molecule has 0 heterocycles. The first kappa shape index (κ1) is 23.7. The number of nitrogens with one attached hydrogen (secondary N) is 1. The quantitative estimate of drug-likeness (QED) is 0.544. The SMILES string of the molecule is Cc1ccc(S(=O)(=O)NC(=O)C(C)OC(=O)C(F)(F)C(F)(F)C(F)(F)F)cc1. The van der Waals surface area contributed by atoms with E-state index in [9.17, 15) is 48.7 Å². The number of rotatable bonds is 6. The Morgan fingerprint density at radius 1 is 1.00 bits per heavy atom. The first-order valence-corrected chi connectivity index (χ1v) is 8.58. The Balaban J connectivity index is 2.92. The zero-order chi connectivity index (χ0) is 22.1. The molecule has 1 unspecified atom stereocenters. The smallest absolute Gasteiger partial charge is 0.448 e. The Labute approximate surface area is 153 Å². The van der Waals surface area contributed by atoms with Crippen molar-refractivity contribution in [1.29, 1.82) is 0 Å². The summed E-state index contributed by atoms with van der Waals surface area (Å²) in [5.41, 5.74) is 0.653. The molecule has 6 nitrogen and oxygen atoms in total. The number of hydrogen-bond acceptors (Lipinski definition) is 5. The first-order chi connectivity index (χ1) is 12.4. The molecule has 0 aromatic heterocycles. The summed E-state index contributed by atoms with van der Waals surface area (Å²) >= 11 is 0. The number of benzene rings is 1. The van der Waals surface area contributed by atoms with Crippen molar-refractivity contribution in [3.8, 4) is 0 Å². The van der Waals surface area contributed by atoms with Gasteiger partial charge in [-0.05, 0) is 26.0 Å². The van der Waals surface area contributed by atoms with Gasteiger partial charge >= 0.3 is 24.0 Å². The summed E-state index contributed by atoms with van der Waals surface area (Å²) in [5.74, 6) is -18.2. The van der Waals surface area contributed by atoms with Gasteiger partial charge in [-0.15, -0.1) is 0 Å². The van der Waals surface area contributed by atoms with E-state index in [2.05, 4.69) is 4.74 Å². The van der Waals surface area contributed by atoms with Crippen LogP contribution >= 0.6 is 0 Å². The number of amides is 1. The van der Waals surface area contributed by atoms with Gasteiger partial charge in [0, 0.05) is 0 Å². The van der Waals surface area contributed by atoms with Crippen molar-refractivity contribution in [3.05, 3.63) is 29.8 Å². The number of ether oxygens (including phenoxy) is 1. The molecule has 14 heteroatoms. The zero-order valence-electron chi connectivity index (χ0n) is 14.0. The minimum absolute atomic E-state index is 0.445. The molecular formula is C14H12F7NO5S. The molecule has 1 atom stereocenters. The number of carbonyl (C=O) groups is 2. The van der Waals surface area contributed by atoms with Crippen LogP contribution in [0, 0.1) is 6.92 Å². The van der Waals surface area contributed by atoms with Crippen LogP contribution in [0.1, 0.15) is 12.5 Å². The summed E-state index contributed by atoms with van der Waals surface area (Å²) in [6, 6.07) is 4.84. The van der Waals surface area contributed by atoms with E-state index in [4.69, 9.17) is 0 Å². The highest BCUT2D eigenvalue weighted by molar-refractivity contribution is 7.90. The molecule has 0 bridgehead atoms. The van der Waals surface area contributed by atoms with Gasteiger partial charge in [-0.3, -0.25) is 4.79 Å². The van der Waals surface area contributed by atoms with Crippen molar-refractivity contribution in [2.45, 2.75) is 42.9 Å². The van der Waals surface area contributed by atoms with Gasteiger partial charge in [-0.2, -0.15) is 30.7 Å². The molecule has 0 fully saturated rings. The van der Waals surface area contributed by atoms with Gasteiger partial charge in [0.1, 0.15) is 0 Å². The highest BCUT2D eigenvalue weighted by atomic mass is 32.2. The molecule has 0 aliphatic rings. The lowest BCUT2D eigenvalue weighted by Crippen LogP contribution is -2.57. The Morgan fingerprint density at radius 2 is 1.46 bits per heavy atom. The van der Waals surface area contributed by atoms with Crippen molar-refractivity contribution in [2.75, 3.05) is 0 Å². The minimum Gasteiger partial charge on any atom is -0.448 e. The Kier molecular flexibility index (Phi) is 6.39. The highest BCUT2D eigenvalue weighted by Crippen LogP contribution is 2.47. The van der Waals surface area contributed by atoms with Crippen LogP contribution in [0.25, 0.3) is 0 Å². The van der Waals surface area contributed by atoms with Crippen molar-refractivity contribution >= 4 is 21.9 Å². The van der Waals surface area contributed by atoms with E-state index < -0.39 is 50.9 Å². The summed E-state index contributed by atoms with van der Waals surface area (Å²) in [4.78, 5) is 22.3. The maximum atomic E-state index is 13.2. The molecule has 158 valence electrons. The van der Waals surface area contributed by atoms with Gasteiger partial charge in [0.2, 0.25) is 0 Å². The average molecular weight is 439 g/mol. The van der Waals surface area contributed by atoms with Gasteiger partial charge in [-0.1, -0.05) is 17.7 Å². The van der Waals surface area contributed by atoms with Crippen LogP contribution in [-0.2, 0) is 24.3 Å². The molecule has 1 N–H and O–H groups in total. The zero-order valence-corrected chi connectivity index (χ0v) is 14.8. The molecule has 1 aromatic rings. The third-order valence-electron chi connectivity index (χ3n) is 3.23. The van der Waals surface area contributed by atoms with Gasteiger partial charge < -0.3 is 4.74 Å². The molecule has 0 spiro atoms. The molecule has 1 amide bonds. The number of carbonyl (C=O) groups excluding carboxylic acids is 2. The van der Waals surface area contributed by atoms with E-state index in [1.807, 2.05) is 0 Å². The largest absolute Gasteiger partial charge is 0.460 e. The lowest BCUT2D eigenvalue weighted by Gasteiger charge is -2.27. The molecule has 0 saturated carbocycles. The fraction of sp³-hybridized carbons (Fsp3) is 0.429. The predicted octanol–water partition coefficient (Wildman–Crippen LogP) is 2.56. The van der Waals surface area contributed by atoms with Crippen molar-refractivity contribution in [2.24, 2.45) is 0 Å².